The molecule has 0 radical (unpaired) electrons. The molecule has 0 aliphatic carbocycles. The number of anilines is 1. The Balaban J connectivity index is 0.000000351. The van der Waals surface area contributed by atoms with Gasteiger partial charge in [-0.1, -0.05) is 35.7 Å². The number of aryl methyl sites for hydroxylation is 2. The molecule has 12 heteroatoms. The summed E-state index contributed by atoms with van der Waals surface area (Å²) < 4.78 is 0. The summed E-state index contributed by atoms with van der Waals surface area (Å²) in [5.41, 5.74) is 3.09. The number of hydrogen-bond donors (Lipinski definition) is 4. The summed E-state index contributed by atoms with van der Waals surface area (Å²) in [5.74, 6) is 0.891. The summed E-state index contributed by atoms with van der Waals surface area (Å²) in [6.45, 7) is 5.39. The van der Waals surface area contributed by atoms with Crippen LogP contribution in [0, 0.1) is 31.1 Å². The van der Waals surface area contributed by atoms with E-state index >= 15 is 0 Å². The van der Waals surface area contributed by atoms with Gasteiger partial charge >= 0.3 is 0 Å². The molecule has 1 amide bonds. The minimum Gasteiger partial charge on any atom is -0.483 e. The molecule has 2 aliphatic heterocycles. The molecule has 0 spiro atoms. The fraction of sp³-hybridized carbons (Fsp3) is 0.519. The molecule has 2 aliphatic rings. The van der Waals surface area contributed by atoms with E-state index in [2.05, 4.69) is 27.7 Å². The van der Waals surface area contributed by atoms with E-state index in [1.165, 1.54) is 82.5 Å². The van der Waals surface area contributed by atoms with E-state index in [-0.39, 0.29) is 43.5 Å². The summed E-state index contributed by atoms with van der Waals surface area (Å²) >= 11 is 11.5. The molecule has 1 fully saturated rings. The molecule has 0 saturated carbocycles. The predicted octanol–water partition coefficient (Wildman–Crippen LogP) is 4.60. The molecule has 4 rings (SSSR count). The van der Waals surface area contributed by atoms with Gasteiger partial charge in [0.2, 0.25) is 0 Å². The Bertz CT molecular complexity index is 1010. The number of carbonyl (C=O) groups is 2. The number of carboxylic acid groups (broad SMARTS) is 1. The van der Waals surface area contributed by atoms with E-state index in [9.17, 15) is 4.79 Å². The fourth-order valence-electron chi connectivity index (χ4n) is 4.25. The van der Waals surface area contributed by atoms with Gasteiger partial charge in [-0.3, -0.25) is 9.59 Å². The number of benzene rings is 1. The average molecular weight is 807 g/mol. The van der Waals surface area contributed by atoms with Gasteiger partial charge in [-0.25, -0.2) is 4.98 Å². The Hall–Kier alpha value is -1.38. The van der Waals surface area contributed by atoms with Crippen LogP contribution in [0.1, 0.15) is 53.7 Å². The van der Waals surface area contributed by atoms with Crippen molar-refractivity contribution in [3.05, 3.63) is 57.2 Å². The smallest absolute Gasteiger partial charge is 0.290 e. The van der Waals surface area contributed by atoms with Gasteiger partial charge in [0.25, 0.3) is 12.4 Å². The molecule has 3 heterocycles. The summed E-state index contributed by atoms with van der Waals surface area (Å²) in [6.07, 6.45) is 8.99. The molecule has 1 saturated heterocycles. The van der Waals surface area contributed by atoms with E-state index < -0.39 is 0 Å². The third-order valence-electron chi connectivity index (χ3n) is 6.21. The predicted molar refractivity (Wildman–Crippen MR) is 152 cm³/mol. The van der Waals surface area contributed by atoms with Gasteiger partial charge in [-0.2, -0.15) is 5.06 Å². The number of hydroxylamine groups is 2. The second-order valence-corrected chi connectivity index (χ2v) is 10.0. The molecule has 2 aromatic rings. The van der Waals surface area contributed by atoms with Crippen LogP contribution in [0.25, 0.3) is 0 Å². The van der Waals surface area contributed by atoms with Crippen molar-refractivity contribution < 1.29 is 51.0 Å². The van der Waals surface area contributed by atoms with Crippen molar-refractivity contribution in [3.63, 3.8) is 0 Å². The van der Waals surface area contributed by atoms with Crippen molar-refractivity contribution in [2.45, 2.75) is 44.9 Å². The number of amides is 1. The number of hydrogen-bond acceptors (Lipinski definition) is 7. The molecule has 0 atom stereocenters. The molecular weight excluding hydrogens is 767 g/mol. The third kappa shape index (κ3) is 14.2. The minimum atomic E-state index is -0.250. The van der Waals surface area contributed by atoms with Gasteiger partial charge in [0.15, 0.2) is 0 Å². The largest absolute Gasteiger partial charge is 0.483 e. The molecule has 214 valence electrons. The quantitative estimate of drug-likeness (QED) is 0.226. The van der Waals surface area contributed by atoms with Crippen molar-refractivity contribution >= 4 is 41.4 Å². The molecular formula is C27H39Cl2N5O4U. The van der Waals surface area contributed by atoms with Crippen LogP contribution in [0.2, 0.25) is 10.0 Å². The van der Waals surface area contributed by atoms with Gasteiger partial charge in [0.05, 0.1) is 10.0 Å². The van der Waals surface area contributed by atoms with E-state index in [1.807, 2.05) is 0 Å². The number of likely N-dealkylation sites (tertiary alicyclic amines) is 1. The van der Waals surface area contributed by atoms with E-state index in [1.54, 1.807) is 12.1 Å². The van der Waals surface area contributed by atoms with Crippen molar-refractivity contribution in [1.82, 2.24) is 20.3 Å². The zero-order valence-corrected chi connectivity index (χ0v) is 28.1. The first-order valence-electron chi connectivity index (χ1n) is 13.0. The molecule has 4 N–H and O–H groups in total. The summed E-state index contributed by atoms with van der Waals surface area (Å²) in [7, 11) is 1.51. The number of pyridine rings is 1. The number of nitrogens with one attached hydrogen (secondary N) is 2. The molecule has 1 aromatic heterocycles. The van der Waals surface area contributed by atoms with E-state index in [0.717, 1.165) is 23.8 Å². The maximum Gasteiger partial charge on any atom is 0.290 e. The van der Waals surface area contributed by atoms with Crippen LogP contribution in [0.15, 0.2) is 30.3 Å². The number of piperidine rings is 1. The molecule has 0 bridgehead atoms. The van der Waals surface area contributed by atoms with E-state index in [0.29, 0.717) is 28.7 Å². The number of halogens is 2. The summed E-state index contributed by atoms with van der Waals surface area (Å²) in [4.78, 5) is 27.3. The Morgan fingerprint density at radius 2 is 1.87 bits per heavy atom. The first kappa shape index (κ1) is 35.6. The Morgan fingerprint density at radius 1 is 1.15 bits per heavy atom. The Labute approximate surface area is 265 Å². The van der Waals surface area contributed by atoms with Crippen LogP contribution in [0.4, 0.5) is 5.82 Å². The number of carbonyl (C=O) groups excluding carboxylic acids is 1. The monoisotopic (exact) mass is 805 g/mol. The maximum absolute atomic E-state index is 11.6. The van der Waals surface area contributed by atoms with Gasteiger partial charge < -0.3 is 25.8 Å². The van der Waals surface area contributed by atoms with Crippen molar-refractivity contribution in [1.29, 1.82) is 0 Å². The topological polar surface area (TPSA) is 118 Å². The summed E-state index contributed by atoms with van der Waals surface area (Å²) in [5, 5.41) is 23.6. The molecule has 0 unspecified atom stereocenters. The zero-order valence-electron chi connectivity index (χ0n) is 22.5. The summed E-state index contributed by atoms with van der Waals surface area (Å²) in [6, 6.07) is 9.15. The SMILES string of the molecule is CN(O)CCNC(=O)c1ccc(Cl)c(Cl)c1.O=CO.[U].c1cc2c(nc1CCCN1CCCCC1)NCCC2. The number of likely N-dealkylation sites (N-methyl/N-ethyl adjacent to an activating group) is 1. The van der Waals surface area contributed by atoms with Gasteiger partial charge in [-0.05, 0) is 88.0 Å². The van der Waals surface area contributed by atoms with Gasteiger partial charge in [0, 0.05) is 69.1 Å². The van der Waals surface area contributed by atoms with Crippen molar-refractivity contribution in [2.24, 2.45) is 0 Å². The van der Waals surface area contributed by atoms with Gasteiger partial charge in [0.1, 0.15) is 5.82 Å². The number of rotatable bonds is 8. The van der Waals surface area contributed by atoms with Crippen LogP contribution < -0.4 is 10.6 Å². The molecule has 39 heavy (non-hydrogen) atoms. The molecule has 9 nitrogen and oxygen atoms in total. The third-order valence-corrected chi connectivity index (χ3v) is 6.95. The first-order valence-corrected chi connectivity index (χ1v) is 13.8. The number of aromatic nitrogens is 1. The van der Waals surface area contributed by atoms with Crippen LogP contribution >= 0.6 is 23.2 Å². The zero-order chi connectivity index (χ0) is 27.8. The maximum atomic E-state index is 11.6. The normalized spacial score (nSPS) is 14.3. The molecule has 1 aromatic carbocycles. The van der Waals surface area contributed by atoms with Crippen LogP contribution in [-0.4, -0.2) is 84.0 Å². The number of nitrogens with zero attached hydrogens (tertiary/aromatic N) is 3. The minimum absolute atomic E-state index is 0. The first-order chi connectivity index (χ1) is 18.3. The fourth-order valence-corrected chi connectivity index (χ4v) is 4.54. The average Bonchev–Trinajstić information content (AvgIpc) is 2.91. The van der Waals surface area contributed by atoms with Crippen molar-refractivity contribution in [3.8, 4) is 0 Å². The van der Waals surface area contributed by atoms with Crippen LogP contribution in [-0.2, 0) is 17.6 Å². The number of fused-ring (bicyclic) bond motifs is 1. The Morgan fingerprint density at radius 3 is 2.54 bits per heavy atom. The van der Waals surface area contributed by atoms with E-state index in [4.69, 9.17) is 43.3 Å². The second kappa shape index (κ2) is 20.5. The van der Waals surface area contributed by atoms with Crippen LogP contribution in [0.5, 0.6) is 0 Å². The van der Waals surface area contributed by atoms with Crippen molar-refractivity contribution in [2.75, 3.05) is 51.6 Å². The van der Waals surface area contributed by atoms with Gasteiger partial charge in [-0.15, -0.1) is 0 Å². The second-order valence-electron chi connectivity index (χ2n) is 9.22. The standard InChI is InChI=1S/C16H25N3.C10H12Cl2N2O2.CH2O2.U/c1-2-11-19(12-3-1)13-5-7-15-9-8-14-6-4-10-17-16(14)18-15;1-14(16)5-4-13-10(15)7-2-3-8(11)9(12)6-7;2-1-3;/h8-9H,1-7,10-13H2,(H,17,18);2-3,6,16H,4-5H2,1H3,(H,13,15);1H,(H,2,3);. The van der Waals surface area contributed by atoms with Crippen LogP contribution in [0.3, 0.4) is 0 Å². The Kier molecular flexibility index (Phi) is 18.7.